The molecular weight excluding hydrogens is 422 g/mol. The molecule has 35 heavy (non-hydrogen) atoms. The molecule has 208 valence electrons. The van der Waals surface area contributed by atoms with Crippen LogP contribution in [0.25, 0.3) is 0 Å². The monoisotopic (exact) mass is 490 g/mol. The number of hydrogen-bond donors (Lipinski definition) is 1. The van der Waals surface area contributed by atoms with Gasteiger partial charge < -0.3 is 5.73 Å². The van der Waals surface area contributed by atoms with Gasteiger partial charge in [-0.15, -0.1) is 0 Å². The first-order valence-electron chi connectivity index (χ1n) is 16.3. The number of fused-ring (bicyclic) bond motifs is 5. The summed E-state index contributed by atoms with van der Waals surface area (Å²) in [6, 6.07) is 0. The summed E-state index contributed by atoms with van der Waals surface area (Å²) in [5.74, 6) is 9.23. The SMILES string of the molecule is CC.CC.CC1CCC2(C)C(C1)CC(C)C1C2CCC2(C)C(C(C)CCC(CN)C(C)C)CCC12. The maximum atomic E-state index is 6.11. The molecule has 0 aliphatic heterocycles. The maximum Gasteiger partial charge on any atom is -0.00464 e. The summed E-state index contributed by atoms with van der Waals surface area (Å²) in [5.41, 5.74) is 7.37. The van der Waals surface area contributed by atoms with E-state index in [9.17, 15) is 0 Å². The zero-order valence-corrected chi connectivity index (χ0v) is 26.1. The summed E-state index contributed by atoms with van der Waals surface area (Å²) in [4.78, 5) is 0. The third-order valence-corrected chi connectivity index (χ3v) is 12.3. The zero-order chi connectivity index (χ0) is 26.6. The Labute approximate surface area is 222 Å². The standard InChI is InChI=1S/C30H55N.2C2H6/c1-19(2)23(18-31)9-8-21(4)25-10-11-26-28-22(5)17-24-16-20(3)12-14-29(24,6)27(28)13-15-30(25,26)7;2*1-2/h19-28H,8-18,31H2,1-7H3;2*1-2H3. The highest BCUT2D eigenvalue weighted by molar-refractivity contribution is 5.10. The van der Waals surface area contributed by atoms with Crippen LogP contribution in [0.4, 0.5) is 0 Å². The van der Waals surface area contributed by atoms with Crippen molar-refractivity contribution in [2.75, 3.05) is 6.54 Å². The van der Waals surface area contributed by atoms with Crippen LogP contribution in [0, 0.1) is 70.0 Å². The van der Waals surface area contributed by atoms with Crippen LogP contribution in [-0.4, -0.2) is 6.54 Å². The van der Waals surface area contributed by atoms with Gasteiger partial charge in [0.15, 0.2) is 0 Å². The van der Waals surface area contributed by atoms with Gasteiger partial charge in [-0.2, -0.15) is 0 Å². The second-order valence-electron chi connectivity index (χ2n) is 14.1. The van der Waals surface area contributed by atoms with E-state index in [2.05, 4.69) is 48.5 Å². The quantitative estimate of drug-likeness (QED) is 0.394. The van der Waals surface area contributed by atoms with E-state index in [1.807, 2.05) is 27.7 Å². The van der Waals surface area contributed by atoms with E-state index in [4.69, 9.17) is 5.73 Å². The molecule has 0 aromatic heterocycles. The summed E-state index contributed by atoms with van der Waals surface area (Å²) < 4.78 is 0. The molecule has 0 aromatic carbocycles. The van der Waals surface area contributed by atoms with Crippen LogP contribution < -0.4 is 5.73 Å². The van der Waals surface area contributed by atoms with Crippen molar-refractivity contribution in [1.82, 2.24) is 0 Å². The Morgan fingerprint density at radius 1 is 0.771 bits per heavy atom. The zero-order valence-electron chi connectivity index (χ0n) is 26.1. The van der Waals surface area contributed by atoms with E-state index >= 15 is 0 Å². The highest BCUT2D eigenvalue weighted by Gasteiger charge is 2.62. The lowest BCUT2D eigenvalue weighted by Crippen LogP contribution is -2.56. The van der Waals surface area contributed by atoms with Gasteiger partial charge in [0.05, 0.1) is 0 Å². The maximum absolute atomic E-state index is 6.11. The molecule has 4 fully saturated rings. The molecule has 4 saturated carbocycles. The van der Waals surface area contributed by atoms with Crippen molar-refractivity contribution in [2.45, 2.75) is 140 Å². The van der Waals surface area contributed by atoms with Gasteiger partial charge in [-0.1, -0.05) is 89.0 Å². The minimum absolute atomic E-state index is 0.607. The Hall–Kier alpha value is -0.0400. The Morgan fingerprint density at radius 2 is 1.37 bits per heavy atom. The van der Waals surface area contributed by atoms with Crippen LogP contribution in [-0.2, 0) is 0 Å². The Bertz CT molecular complexity index is 612. The van der Waals surface area contributed by atoms with E-state index in [0.717, 1.165) is 59.8 Å². The lowest BCUT2D eigenvalue weighted by molar-refractivity contribution is -0.142. The second kappa shape index (κ2) is 13.2. The van der Waals surface area contributed by atoms with Crippen molar-refractivity contribution < 1.29 is 0 Å². The van der Waals surface area contributed by atoms with Gasteiger partial charge >= 0.3 is 0 Å². The van der Waals surface area contributed by atoms with Crippen LogP contribution in [0.5, 0.6) is 0 Å². The molecule has 0 amide bonds. The van der Waals surface area contributed by atoms with Gasteiger partial charge in [0.2, 0.25) is 0 Å². The van der Waals surface area contributed by atoms with E-state index in [1.54, 1.807) is 0 Å². The topological polar surface area (TPSA) is 26.0 Å². The fraction of sp³-hybridized carbons (Fsp3) is 1.00. The van der Waals surface area contributed by atoms with Crippen molar-refractivity contribution in [3.05, 3.63) is 0 Å². The minimum Gasteiger partial charge on any atom is -0.330 e. The Kier molecular flexibility index (Phi) is 11.7. The molecule has 4 aliphatic rings. The molecule has 0 radical (unpaired) electrons. The highest BCUT2D eigenvalue weighted by atomic mass is 14.7. The molecular formula is C34H67N. The van der Waals surface area contributed by atoms with Crippen LogP contribution in [0.3, 0.4) is 0 Å². The lowest BCUT2D eigenvalue weighted by Gasteiger charge is -2.63. The molecule has 0 spiro atoms. The lowest BCUT2D eigenvalue weighted by atomic mass is 9.42. The van der Waals surface area contributed by atoms with E-state index in [1.165, 1.54) is 64.2 Å². The predicted octanol–water partition coefficient (Wildman–Crippen LogP) is 10.2. The molecule has 11 unspecified atom stereocenters. The smallest absolute Gasteiger partial charge is 0.00464 e. The third-order valence-electron chi connectivity index (χ3n) is 12.3. The van der Waals surface area contributed by atoms with Crippen LogP contribution in [0.1, 0.15) is 140 Å². The number of rotatable bonds is 6. The Balaban J connectivity index is 0.00000103. The number of nitrogens with two attached hydrogens (primary N) is 1. The summed E-state index contributed by atoms with van der Waals surface area (Å²) in [7, 11) is 0. The number of hydrogen-bond acceptors (Lipinski definition) is 1. The van der Waals surface area contributed by atoms with Crippen LogP contribution in [0.2, 0.25) is 0 Å². The molecule has 0 aromatic rings. The highest BCUT2D eigenvalue weighted by Crippen LogP contribution is 2.69. The third kappa shape index (κ3) is 6.01. The molecule has 4 rings (SSSR count). The van der Waals surface area contributed by atoms with Crippen molar-refractivity contribution >= 4 is 0 Å². The molecule has 1 nitrogen and oxygen atoms in total. The van der Waals surface area contributed by atoms with Gasteiger partial charge in [0.1, 0.15) is 0 Å². The summed E-state index contributed by atoms with van der Waals surface area (Å²) in [6.07, 6.45) is 14.9. The van der Waals surface area contributed by atoms with Crippen molar-refractivity contribution in [2.24, 2.45) is 75.7 Å². The molecule has 0 heterocycles. The van der Waals surface area contributed by atoms with E-state index in [-0.39, 0.29) is 0 Å². The van der Waals surface area contributed by atoms with Crippen LogP contribution in [0.15, 0.2) is 0 Å². The molecule has 1 heteroatoms. The second-order valence-corrected chi connectivity index (χ2v) is 14.1. The largest absolute Gasteiger partial charge is 0.330 e. The summed E-state index contributed by atoms with van der Waals surface area (Å²) >= 11 is 0. The average Bonchev–Trinajstić information content (AvgIpc) is 3.20. The van der Waals surface area contributed by atoms with Gasteiger partial charge in [0, 0.05) is 0 Å². The Morgan fingerprint density at radius 3 is 1.97 bits per heavy atom. The predicted molar refractivity (Wildman–Crippen MR) is 157 cm³/mol. The van der Waals surface area contributed by atoms with E-state index in [0.29, 0.717) is 16.7 Å². The van der Waals surface area contributed by atoms with Crippen molar-refractivity contribution in [3.8, 4) is 0 Å². The van der Waals surface area contributed by atoms with Crippen molar-refractivity contribution in [1.29, 1.82) is 0 Å². The van der Waals surface area contributed by atoms with E-state index < -0.39 is 0 Å². The summed E-state index contributed by atoms with van der Waals surface area (Å²) in [6.45, 7) is 26.9. The van der Waals surface area contributed by atoms with Gasteiger partial charge in [0.25, 0.3) is 0 Å². The average molecular weight is 490 g/mol. The molecule has 2 N–H and O–H groups in total. The molecule has 0 bridgehead atoms. The molecule has 11 atom stereocenters. The normalized spacial score (nSPS) is 44.0. The van der Waals surface area contributed by atoms with Crippen LogP contribution >= 0.6 is 0 Å². The first kappa shape index (κ1) is 31.2. The first-order chi connectivity index (χ1) is 16.6. The first-order valence-corrected chi connectivity index (χ1v) is 16.3. The van der Waals surface area contributed by atoms with Gasteiger partial charge in [-0.25, -0.2) is 0 Å². The van der Waals surface area contributed by atoms with Gasteiger partial charge in [-0.3, -0.25) is 0 Å². The fourth-order valence-corrected chi connectivity index (χ4v) is 10.2. The molecule has 0 saturated heterocycles. The minimum atomic E-state index is 0.607. The molecule has 4 aliphatic carbocycles. The van der Waals surface area contributed by atoms with Gasteiger partial charge in [-0.05, 0) is 128 Å². The summed E-state index contributed by atoms with van der Waals surface area (Å²) in [5, 5.41) is 0. The van der Waals surface area contributed by atoms with Crippen molar-refractivity contribution in [3.63, 3.8) is 0 Å². The fourth-order valence-electron chi connectivity index (χ4n) is 10.2.